The summed E-state index contributed by atoms with van der Waals surface area (Å²) in [5.41, 5.74) is 5.85. The molecular formula is C13H25NO2. The third kappa shape index (κ3) is 4.97. The maximum Gasteiger partial charge on any atom is 0.308 e. The molecule has 0 amide bonds. The number of rotatable bonds is 6. The van der Waals surface area contributed by atoms with Gasteiger partial charge in [0, 0.05) is 6.04 Å². The van der Waals surface area contributed by atoms with Gasteiger partial charge in [-0.05, 0) is 25.7 Å². The Kier molecular flexibility index (Phi) is 6.46. The summed E-state index contributed by atoms with van der Waals surface area (Å²) in [6, 6.07) is 0.200. The van der Waals surface area contributed by atoms with E-state index in [2.05, 4.69) is 6.92 Å². The summed E-state index contributed by atoms with van der Waals surface area (Å²) in [6.07, 6.45) is 8.50. The van der Waals surface area contributed by atoms with Crippen LogP contribution in [-0.4, -0.2) is 18.6 Å². The van der Waals surface area contributed by atoms with Gasteiger partial charge in [-0.1, -0.05) is 32.6 Å². The van der Waals surface area contributed by atoms with Crippen molar-refractivity contribution in [3.8, 4) is 0 Å². The number of carbonyl (C=O) groups excluding carboxylic acids is 1. The molecule has 2 N–H and O–H groups in total. The van der Waals surface area contributed by atoms with Crippen molar-refractivity contribution in [1.29, 1.82) is 0 Å². The quantitative estimate of drug-likeness (QED) is 0.560. The van der Waals surface area contributed by atoms with Crippen LogP contribution in [0.3, 0.4) is 0 Å². The number of hydrogen-bond acceptors (Lipinski definition) is 3. The molecule has 0 aliphatic heterocycles. The van der Waals surface area contributed by atoms with Crippen LogP contribution in [0.5, 0.6) is 0 Å². The Hall–Kier alpha value is -0.570. The van der Waals surface area contributed by atoms with E-state index in [1.807, 2.05) is 0 Å². The zero-order valence-corrected chi connectivity index (χ0v) is 10.4. The van der Waals surface area contributed by atoms with Crippen molar-refractivity contribution in [2.45, 2.75) is 64.3 Å². The molecule has 0 saturated heterocycles. The lowest BCUT2D eigenvalue weighted by Crippen LogP contribution is -2.32. The van der Waals surface area contributed by atoms with Gasteiger partial charge in [-0.15, -0.1) is 0 Å². The molecule has 0 aromatic heterocycles. The summed E-state index contributed by atoms with van der Waals surface area (Å²) in [6.45, 7) is 2.76. The summed E-state index contributed by atoms with van der Waals surface area (Å²) in [7, 11) is 0. The minimum atomic E-state index is -0.0216. The van der Waals surface area contributed by atoms with Gasteiger partial charge < -0.3 is 10.5 Å². The van der Waals surface area contributed by atoms with Crippen molar-refractivity contribution in [3.05, 3.63) is 0 Å². The van der Waals surface area contributed by atoms with E-state index in [-0.39, 0.29) is 17.9 Å². The van der Waals surface area contributed by atoms with Crippen LogP contribution in [0.15, 0.2) is 0 Å². The van der Waals surface area contributed by atoms with E-state index in [0.29, 0.717) is 6.61 Å². The average molecular weight is 227 g/mol. The molecule has 0 bridgehead atoms. The van der Waals surface area contributed by atoms with Crippen LogP contribution in [0.4, 0.5) is 0 Å². The van der Waals surface area contributed by atoms with Crippen molar-refractivity contribution in [1.82, 2.24) is 0 Å². The van der Waals surface area contributed by atoms with Crippen LogP contribution in [-0.2, 0) is 9.53 Å². The molecule has 0 spiro atoms. The number of hydrogen-bond donors (Lipinski definition) is 1. The highest BCUT2D eigenvalue weighted by atomic mass is 16.5. The molecule has 94 valence electrons. The average Bonchev–Trinajstić information content (AvgIpc) is 2.28. The Bertz CT molecular complexity index is 206. The molecule has 1 rings (SSSR count). The van der Waals surface area contributed by atoms with Crippen LogP contribution in [0.25, 0.3) is 0 Å². The van der Waals surface area contributed by atoms with Crippen LogP contribution in [0.1, 0.15) is 58.3 Å². The van der Waals surface area contributed by atoms with E-state index in [4.69, 9.17) is 10.5 Å². The van der Waals surface area contributed by atoms with Crippen molar-refractivity contribution in [3.63, 3.8) is 0 Å². The smallest absolute Gasteiger partial charge is 0.308 e. The van der Waals surface area contributed by atoms with Crippen molar-refractivity contribution >= 4 is 5.97 Å². The number of ether oxygens (including phenoxy) is 1. The molecule has 0 radical (unpaired) electrons. The Labute approximate surface area is 98.7 Å². The second-order valence-corrected chi connectivity index (χ2v) is 4.85. The topological polar surface area (TPSA) is 52.3 Å². The number of unbranched alkanes of at least 4 members (excludes halogenated alkanes) is 3. The first-order valence-corrected chi connectivity index (χ1v) is 6.66. The summed E-state index contributed by atoms with van der Waals surface area (Å²) in [4.78, 5) is 11.7. The lowest BCUT2D eigenvalue weighted by molar-refractivity contribution is -0.150. The van der Waals surface area contributed by atoms with E-state index < -0.39 is 0 Å². The van der Waals surface area contributed by atoms with Gasteiger partial charge in [-0.25, -0.2) is 0 Å². The van der Waals surface area contributed by atoms with Gasteiger partial charge in [0.05, 0.1) is 12.5 Å². The molecular weight excluding hydrogens is 202 g/mol. The summed E-state index contributed by atoms with van der Waals surface area (Å²) >= 11 is 0. The standard InChI is InChI=1S/C13H25NO2/c1-2-3-4-5-9-16-13(15)11-7-6-8-12(14)10-11/h11-12H,2-10,14H2,1H3. The van der Waals surface area contributed by atoms with E-state index >= 15 is 0 Å². The molecule has 1 fully saturated rings. The van der Waals surface area contributed by atoms with E-state index in [0.717, 1.165) is 38.5 Å². The Morgan fingerprint density at radius 1 is 1.31 bits per heavy atom. The summed E-state index contributed by atoms with van der Waals surface area (Å²) < 4.78 is 5.28. The highest BCUT2D eigenvalue weighted by Crippen LogP contribution is 2.24. The first-order valence-electron chi connectivity index (χ1n) is 6.66. The van der Waals surface area contributed by atoms with E-state index in [1.54, 1.807) is 0 Å². The first-order chi connectivity index (χ1) is 7.74. The molecule has 2 unspecified atom stereocenters. The fourth-order valence-electron chi connectivity index (χ4n) is 2.26. The van der Waals surface area contributed by atoms with Gasteiger partial charge in [-0.2, -0.15) is 0 Å². The molecule has 16 heavy (non-hydrogen) atoms. The minimum Gasteiger partial charge on any atom is -0.465 e. The van der Waals surface area contributed by atoms with Gasteiger partial charge >= 0.3 is 5.97 Å². The summed E-state index contributed by atoms with van der Waals surface area (Å²) in [5, 5.41) is 0. The van der Waals surface area contributed by atoms with Crippen LogP contribution in [0, 0.1) is 5.92 Å². The van der Waals surface area contributed by atoms with Gasteiger partial charge in [0.15, 0.2) is 0 Å². The molecule has 1 aliphatic rings. The molecule has 0 heterocycles. The third-order valence-corrected chi connectivity index (χ3v) is 3.29. The van der Waals surface area contributed by atoms with Crippen molar-refractivity contribution < 1.29 is 9.53 Å². The molecule has 1 aliphatic carbocycles. The van der Waals surface area contributed by atoms with Gasteiger partial charge in [-0.3, -0.25) is 4.79 Å². The van der Waals surface area contributed by atoms with Crippen LogP contribution < -0.4 is 5.73 Å². The highest BCUT2D eigenvalue weighted by Gasteiger charge is 2.26. The molecule has 3 heteroatoms. The Morgan fingerprint density at radius 3 is 2.81 bits per heavy atom. The SMILES string of the molecule is CCCCCCOC(=O)C1CCCC(N)C1. The molecule has 2 atom stereocenters. The predicted octanol–water partition coefficient (Wildman–Crippen LogP) is 2.63. The zero-order valence-electron chi connectivity index (χ0n) is 10.4. The zero-order chi connectivity index (χ0) is 11.8. The van der Waals surface area contributed by atoms with Crippen molar-refractivity contribution in [2.24, 2.45) is 11.7 Å². The third-order valence-electron chi connectivity index (χ3n) is 3.29. The number of carbonyl (C=O) groups is 1. The first kappa shape index (κ1) is 13.5. The van der Waals surface area contributed by atoms with Gasteiger partial charge in [0.25, 0.3) is 0 Å². The van der Waals surface area contributed by atoms with Crippen LogP contribution >= 0.6 is 0 Å². The second kappa shape index (κ2) is 7.66. The maximum atomic E-state index is 11.7. The Balaban J connectivity index is 2.09. The number of nitrogens with two attached hydrogens (primary N) is 1. The maximum absolute atomic E-state index is 11.7. The largest absolute Gasteiger partial charge is 0.465 e. The minimum absolute atomic E-state index is 0.0216. The number of esters is 1. The van der Waals surface area contributed by atoms with Gasteiger partial charge in [0.1, 0.15) is 0 Å². The fourth-order valence-corrected chi connectivity index (χ4v) is 2.26. The van der Waals surface area contributed by atoms with Crippen LogP contribution in [0.2, 0.25) is 0 Å². The fraction of sp³-hybridized carbons (Fsp3) is 0.923. The van der Waals surface area contributed by atoms with Crippen molar-refractivity contribution in [2.75, 3.05) is 6.61 Å². The molecule has 0 aromatic carbocycles. The monoisotopic (exact) mass is 227 g/mol. The normalized spacial score (nSPS) is 25.4. The predicted molar refractivity (Wildman–Crippen MR) is 65.0 cm³/mol. The second-order valence-electron chi connectivity index (χ2n) is 4.85. The Morgan fingerprint density at radius 2 is 2.12 bits per heavy atom. The van der Waals surface area contributed by atoms with E-state index in [1.165, 1.54) is 12.8 Å². The highest BCUT2D eigenvalue weighted by molar-refractivity contribution is 5.72. The molecule has 1 saturated carbocycles. The molecule has 0 aromatic rings. The lowest BCUT2D eigenvalue weighted by atomic mass is 9.86. The van der Waals surface area contributed by atoms with E-state index in [9.17, 15) is 4.79 Å². The summed E-state index contributed by atoms with van der Waals surface area (Å²) in [5.74, 6) is 0.0431. The lowest BCUT2D eigenvalue weighted by Gasteiger charge is -2.24. The molecule has 3 nitrogen and oxygen atoms in total. The van der Waals surface area contributed by atoms with Gasteiger partial charge in [0.2, 0.25) is 0 Å².